The first-order chi connectivity index (χ1) is 11.6. The molecule has 0 aromatic heterocycles. The monoisotopic (exact) mass is 333 g/mol. The van der Waals surface area contributed by atoms with Gasteiger partial charge in [0, 0.05) is 18.8 Å². The molecule has 2 N–H and O–H groups in total. The van der Waals surface area contributed by atoms with Crippen molar-refractivity contribution in [1.82, 2.24) is 10.2 Å². The number of nitrogens with zero attached hydrogens (tertiary/aromatic N) is 1. The van der Waals surface area contributed by atoms with E-state index in [0.29, 0.717) is 17.8 Å². The second-order valence-corrected chi connectivity index (χ2v) is 6.35. The minimum absolute atomic E-state index is 0.229. The highest BCUT2D eigenvalue weighted by Crippen LogP contribution is 2.15. The minimum atomic E-state index is -0.391. The number of carbonyl (C=O) groups is 2. The highest BCUT2D eigenvalue weighted by atomic mass is 16.5. The summed E-state index contributed by atoms with van der Waals surface area (Å²) in [6.07, 6.45) is 3.55. The van der Waals surface area contributed by atoms with Gasteiger partial charge in [-0.05, 0) is 62.5 Å². The predicted molar refractivity (Wildman–Crippen MR) is 94.3 cm³/mol. The Labute approximate surface area is 143 Å². The van der Waals surface area contributed by atoms with Crippen molar-refractivity contribution in [3.8, 4) is 0 Å². The molecule has 1 saturated heterocycles. The maximum atomic E-state index is 11.9. The lowest BCUT2D eigenvalue weighted by molar-refractivity contribution is 0.0601. The minimum Gasteiger partial charge on any atom is -0.465 e. The first-order valence-corrected chi connectivity index (χ1v) is 8.54. The molecule has 1 aliphatic rings. The Morgan fingerprint density at radius 2 is 2.04 bits per heavy atom. The zero-order chi connectivity index (χ0) is 17.4. The van der Waals surface area contributed by atoms with Crippen LogP contribution in [0.2, 0.25) is 0 Å². The molecule has 0 bridgehead atoms. The zero-order valence-corrected chi connectivity index (χ0v) is 14.5. The summed E-state index contributed by atoms with van der Waals surface area (Å²) >= 11 is 0. The van der Waals surface area contributed by atoms with Crippen LogP contribution in [0.1, 0.15) is 36.5 Å². The number of esters is 1. The summed E-state index contributed by atoms with van der Waals surface area (Å²) in [5.74, 6) is 0.390. The molecule has 0 spiro atoms. The van der Waals surface area contributed by atoms with E-state index in [-0.39, 0.29) is 6.03 Å². The molecule has 1 atom stereocenters. The van der Waals surface area contributed by atoms with Gasteiger partial charge in [-0.15, -0.1) is 0 Å². The summed E-state index contributed by atoms with van der Waals surface area (Å²) in [4.78, 5) is 25.7. The van der Waals surface area contributed by atoms with Crippen LogP contribution in [-0.2, 0) is 4.74 Å². The van der Waals surface area contributed by atoms with Crippen molar-refractivity contribution in [2.45, 2.75) is 26.2 Å². The molecule has 0 saturated carbocycles. The Hall–Kier alpha value is -2.08. The van der Waals surface area contributed by atoms with E-state index in [1.54, 1.807) is 24.3 Å². The summed E-state index contributed by atoms with van der Waals surface area (Å²) in [6.45, 7) is 6.31. The van der Waals surface area contributed by atoms with Gasteiger partial charge in [-0.1, -0.05) is 6.92 Å². The number of benzene rings is 1. The lowest BCUT2D eigenvalue weighted by Gasteiger charge is -2.30. The van der Waals surface area contributed by atoms with E-state index < -0.39 is 5.97 Å². The number of piperidine rings is 1. The lowest BCUT2D eigenvalue weighted by Crippen LogP contribution is -2.37. The number of carbonyl (C=O) groups excluding carboxylic acids is 2. The molecule has 0 unspecified atom stereocenters. The molecule has 1 fully saturated rings. The molecule has 1 heterocycles. The number of nitrogens with one attached hydrogen (secondary N) is 2. The van der Waals surface area contributed by atoms with Crippen LogP contribution >= 0.6 is 0 Å². The SMILES string of the molecule is COC(=O)c1ccc(NC(=O)NCCCN2CCC[C@@H](C)C2)cc1. The average molecular weight is 333 g/mol. The summed E-state index contributed by atoms with van der Waals surface area (Å²) in [5.41, 5.74) is 1.10. The fraction of sp³-hybridized carbons (Fsp3) is 0.556. The maximum absolute atomic E-state index is 11.9. The Morgan fingerprint density at radius 1 is 1.29 bits per heavy atom. The largest absolute Gasteiger partial charge is 0.465 e. The molecule has 24 heavy (non-hydrogen) atoms. The molecule has 132 valence electrons. The van der Waals surface area contributed by atoms with Crippen LogP contribution in [-0.4, -0.2) is 50.2 Å². The van der Waals surface area contributed by atoms with E-state index >= 15 is 0 Å². The number of likely N-dealkylation sites (tertiary alicyclic amines) is 1. The number of anilines is 1. The summed E-state index contributed by atoms with van der Waals surface area (Å²) in [6, 6.07) is 6.38. The van der Waals surface area contributed by atoms with E-state index in [1.807, 2.05) is 0 Å². The number of hydrogen-bond acceptors (Lipinski definition) is 4. The molecule has 0 aliphatic carbocycles. The third-order valence-corrected chi connectivity index (χ3v) is 4.24. The van der Waals surface area contributed by atoms with Gasteiger partial charge in [0.05, 0.1) is 12.7 Å². The van der Waals surface area contributed by atoms with Gasteiger partial charge in [0.15, 0.2) is 0 Å². The smallest absolute Gasteiger partial charge is 0.337 e. The van der Waals surface area contributed by atoms with Crippen molar-refractivity contribution in [2.75, 3.05) is 38.6 Å². The first kappa shape index (κ1) is 18.3. The molecule has 6 heteroatoms. The van der Waals surface area contributed by atoms with E-state index in [2.05, 4.69) is 27.2 Å². The molecule has 1 aromatic carbocycles. The van der Waals surface area contributed by atoms with Crippen LogP contribution in [0.5, 0.6) is 0 Å². The Bertz CT molecular complexity index is 545. The van der Waals surface area contributed by atoms with Gasteiger partial charge < -0.3 is 20.3 Å². The van der Waals surface area contributed by atoms with Gasteiger partial charge in [0.25, 0.3) is 0 Å². The lowest BCUT2D eigenvalue weighted by atomic mass is 10.0. The van der Waals surface area contributed by atoms with E-state index in [9.17, 15) is 9.59 Å². The number of ether oxygens (including phenoxy) is 1. The molecule has 2 amide bonds. The van der Waals surface area contributed by atoms with E-state index in [1.165, 1.54) is 33.0 Å². The number of urea groups is 1. The standard InChI is InChI=1S/C18H27N3O3/c1-14-5-3-11-21(13-14)12-4-10-19-18(23)20-16-8-6-15(7-9-16)17(22)24-2/h6-9,14H,3-5,10-13H2,1-2H3,(H2,19,20,23)/t14-/m1/s1. The second kappa shape index (κ2) is 9.27. The van der Waals surface area contributed by atoms with Gasteiger partial charge in [0.1, 0.15) is 0 Å². The van der Waals surface area contributed by atoms with Crippen LogP contribution in [0.4, 0.5) is 10.5 Å². The Balaban J connectivity index is 1.65. The topological polar surface area (TPSA) is 70.7 Å². The van der Waals surface area contributed by atoms with Crippen LogP contribution in [0, 0.1) is 5.92 Å². The highest BCUT2D eigenvalue weighted by Gasteiger charge is 2.15. The van der Waals surface area contributed by atoms with Gasteiger partial charge in [-0.2, -0.15) is 0 Å². The maximum Gasteiger partial charge on any atom is 0.337 e. The molecule has 1 aromatic rings. The van der Waals surface area contributed by atoms with Crippen LogP contribution in [0.15, 0.2) is 24.3 Å². The Kier molecular flexibility index (Phi) is 7.06. The van der Waals surface area contributed by atoms with Gasteiger partial charge in [-0.25, -0.2) is 9.59 Å². The number of amides is 2. The third-order valence-electron chi connectivity index (χ3n) is 4.24. The molecule has 2 rings (SSSR count). The van der Waals surface area contributed by atoms with E-state index in [4.69, 9.17) is 0 Å². The fourth-order valence-electron chi connectivity index (χ4n) is 2.98. The average Bonchev–Trinajstić information content (AvgIpc) is 2.59. The number of hydrogen-bond donors (Lipinski definition) is 2. The van der Waals surface area contributed by atoms with Crippen molar-refractivity contribution >= 4 is 17.7 Å². The summed E-state index contributed by atoms with van der Waals surface area (Å²) in [7, 11) is 1.34. The molecular weight excluding hydrogens is 306 g/mol. The van der Waals surface area contributed by atoms with Crippen molar-refractivity contribution < 1.29 is 14.3 Å². The summed E-state index contributed by atoms with van der Waals surface area (Å²) in [5, 5.41) is 5.62. The van der Waals surface area contributed by atoms with Crippen molar-refractivity contribution in [3.05, 3.63) is 29.8 Å². The van der Waals surface area contributed by atoms with Gasteiger partial charge >= 0.3 is 12.0 Å². The molecule has 0 radical (unpaired) electrons. The van der Waals surface area contributed by atoms with Crippen molar-refractivity contribution in [2.24, 2.45) is 5.92 Å². The van der Waals surface area contributed by atoms with Crippen molar-refractivity contribution in [1.29, 1.82) is 0 Å². The van der Waals surface area contributed by atoms with Crippen LogP contribution in [0.25, 0.3) is 0 Å². The molecular formula is C18H27N3O3. The number of methoxy groups -OCH3 is 1. The van der Waals surface area contributed by atoms with Crippen LogP contribution < -0.4 is 10.6 Å². The predicted octanol–water partition coefficient (Wildman–Crippen LogP) is 2.72. The summed E-state index contributed by atoms with van der Waals surface area (Å²) < 4.78 is 4.64. The molecule has 1 aliphatic heterocycles. The number of rotatable bonds is 6. The van der Waals surface area contributed by atoms with Crippen molar-refractivity contribution in [3.63, 3.8) is 0 Å². The zero-order valence-electron chi connectivity index (χ0n) is 14.5. The molecule has 6 nitrogen and oxygen atoms in total. The first-order valence-electron chi connectivity index (χ1n) is 8.54. The highest BCUT2D eigenvalue weighted by molar-refractivity contribution is 5.92. The van der Waals surface area contributed by atoms with Crippen LogP contribution in [0.3, 0.4) is 0 Å². The van der Waals surface area contributed by atoms with Gasteiger partial charge in [0.2, 0.25) is 0 Å². The Morgan fingerprint density at radius 3 is 2.71 bits per heavy atom. The van der Waals surface area contributed by atoms with E-state index in [0.717, 1.165) is 18.9 Å². The van der Waals surface area contributed by atoms with Gasteiger partial charge in [-0.3, -0.25) is 0 Å². The quantitative estimate of drug-likeness (QED) is 0.620. The second-order valence-electron chi connectivity index (χ2n) is 6.35. The third kappa shape index (κ3) is 5.85. The fourth-order valence-corrected chi connectivity index (χ4v) is 2.98. The normalized spacial score (nSPS) is 18.0.